The summed E-state index contributed by atoms with van der Waals surface area (Å²) in [5.41, 5.74) is 6.26. The first kappa shape index (κ1) is 12.2. The van der Waals surface area contributed by atoms with E-state index in [1.54, 1.807) is 13.1 Å². The molecule has 0 aliphatic heterocycles. The maximum Gasteiger partial charge on any atom is 0.343 e. The summed E-state index contributed by atoms with van der Waals surface area (Å²) in [5, 5.41) is 7.50. The molecule has 1 heterocycles. The van der Waals surface area contributed by atoms with E-state index in [1.165, 1.54) is 16.3 Å². The molecule has 3 N–H and O–H groups in total. The fourth-order valence-electron chi connectivity index (χ4n) is 1.35. The van der Waals surface area contributed by atoms with E-state index in [4.69, 9.17) is 17.3 Å². The van der Waals surface area contributed by atoms with Gasteiger partial charge in [-0.2, -0.15) is 0 Å². The maximum absolute atomic E-state index is 11.2. The van der Waals surface area contributed by atoms with Crippen molar-refractivity contribution < 1.29 is 0 Å². The zero-order valence-corrected chi connectivity index (χ0v) is 10.7. The van der Waals surface area contributed by atoms with Crippen LogP contribution < -0.4 is 11.4 Å². The van der Waals surface area contributed by atoms with Gasteiger partial charge in [0.05, 0.1) is 0 Å². The summed E-state index contributed by atoms with van der Waals surface area (Å²) < 4.78 is 1.44. The Balaban J connectivity index is 2.39. The highest BCUT2D eigenvalue weighted by atomic mass is 35.5. The lowest BCUT2D eigenvalue weighted by atomic mass is 10.2. The molecule has 0 bridgehead atoms. The van der Waals surface area contributed by atoms with Crippen LogP contribution in [-0.2, 0) is 13.6 Å². The molecule has 7 heteroatoms. The van der Waals surface area contributed by atoms with Crippen LogP contribution >= 0.6 is 23.4 Å². The second-order valence-corrected chi connectivity index (χ2v) is 4.81. The summed E-state index contributed by atoms with van der Waals surface area (Å²) in [4.78, 5) is 12.1. The van der Waals surface area contributed by atoms with Crippen LogP contribution in [0.2, 0.25) is 5.02 Å². The first-order valence-corrected chi connectivity index (χ1v) is 6.09. The van der Waals surface area contributed by atoms with Crippen molar-refractivity contribution in [3.63, 3.8) is 0 Å². The van der Waals surface area contributed by atoms with Gasteiger partial charge in [-0.15, -0.1) is 5.10 Å². The predicted molar refractivity (Wildman–Crippen MR) is 67.3 cm³/mol. The third-order valence-electron chi connectivity index (χ3n) is 2.32. The molecule has 0 saturated carbocycles. The Morgan fingerprint density at radius 3 is 2.94 bits per heavy atom. The van der Waals surface area contributed by atoms with Crippen LogP contribution in [0.1, 0.15) is 5.56 Å². The van der Waals surface area contributed by atoms with Crippen molar-refractivity contribution in [1.29, 1.82) is 0 Å². The summed E-state index contributed by atoms with van der Waals surface area (Å²) in [6, 6.07) is 5.53. The molecule has 17 heavy (non-hydrogen) atoms. The molecule has 0 radical (unpaired) electrons. The topological polar surface area (TPSA) is 76.7 Å². The Labute approximate surface area is 107 Å². The Morgan fingerprint density at radius 2 is 2.35 bits per heavy atom. The first-order chi connectivity index (χ1) is 8.13. The lowest BCUT2D eigenvalue weighted by Crippen LogP contribution is -2.12. The lowest BCUT2D eigenvalue weighted by Gasteiger charge is -2.07. The van der Waals surface area contributed by atoms with Crippen molar-refractivity contribution in [1.82, 2.24) is 14.8 Å². The van der Waals surface area contributed by atoms with E-state index in [9.17, 15) is 4.79 Å². The van der Waals surface area contributed by atoms with Gasteiger partial charge in [-0.25, -0.2) is 9.89 Å². The number of benzene rings is 1. The number of aromatic nitrogens is 3. The van der Waals surface area contributed by atoms with E-state index in [2.05, 4.69) is 10.2 Å². The zero-order valence-electron chi connectivity index (χ0n) is 9.11. The highest BCUT2D eigenvalue weighted by molar-refractivity contribution is 7.99. The zero-order chi connectivity index (χ0) is 12.4. The minimum Gasteiger partial charge on any atom is -0.326 e. The van der Waals surface area contributed by atoms with Crippen LogP contribution in [0.5, 0.6) is 0 Å². The molecule has 0 spiro atoms. The third-order valence-corrected chi connectivity index (χ3v) is 3.82. The van der Waals surface area contributed by atoms with Crippen molar-refractivity contribution in [2.45, 2.75) is 16.6 Å². The summed E-state index contributed by atoms with van der Waals surface area (Å²) >= 11 is 7.41. The SMILES string of the molecule is Cn1c(Sc2cccc(Cl)c2CN)n[nH]c1=O. The minimum absolute atomic E-state index is 0.246. The van der Waals surface area contributed by atoms with Crippen molar-refractivity contribution >= 4 is 23.4 Å². The van der Waals surface area contributed by atoms with Crippen LogP contribution in [0.4, 0.5) is 0 Å². The van der Waals surface area contributed by atoms with E-state index in [0.717, 1.165) is 10.5 Å². The van der Waals surface area contributed by atoms with E-state index in [1.807, 2.05) is 12.1 Å². The Hall–Kier alpha value is -1.24. The number of nitrogens with one attached hydrogen (secondary N) is 1. The van der Waals surface area contributed by atoms with Crippen LogP contribution in [0.15, 0.2) is 33.0 Å². The highest BCUT2D eigenvalue weighted by Gasteiger charge is 2.11. The Morgan fingerprint density at radius 1 is 1.59 bits per heavy atom. The number of aromatic amines is 1. The van der Waals surface area contributed by atoms with Gasteiger partial charge in [0.1, 0.15) is 0 Å². The monoisotopic (exact) mass is 270 g/mol. The molecule has 0 atom stereocenters. The van der Waals surface area contributed by atoms with E-state index in [-0.39, 0.29) is 5.69 Å². The number of hydrogen-bond acceptors (Lipinski definition) is 4. The quantitative estimate of drug-likeness (QED) is 0.883. The summed E-state index contributed by atoms with van der Waals surface area (Å²) in [5.74, 6) is 0. The van der Waals surface area contributed by atoms with E-state index >= 15 is 0 Å². The molecule has 2 rings (SSSR count). The second-order valence-electron chi connectivity index (χ2n) is 3.39. The maximum atomic E-state index is 11.2. The molecule has 0 aliphatic rings. The second kappa shape index (κ2) is 4.95. The van der Waals surface area contributed by atoms with Crippen molar-refractivity contribution in [2.75, 3.05) is 0 Å². The van der Waals surface area contributed by atoms with Gasteiger partial charge in [-0.05, 0) is 29.5 Å². The van der Waals surface area contributed by atoms with Gasteiger partial charge >= 0.3 is 5.69 Å². The molecule has 0 aliphatic carbocycles. The van der Waals surface area contributed by atoms with Crippen LogP contribution in [-0.4, -0.2) is 14.8 Å². The fraction of sp³-hybridized carbons (Fsp3) is 0.200. The van der Waals surface area contributed by atoms with Crippen LogP contribution in [0, 0.1) is 0 Å². The highest BCUT2D eigenvalue weighted by Crippen LogP contribution is 2.31. The largest absolute Gasteiger partial charge is 0.343 e. The van der Waals surface area contributed by atoms with Gasteiger partial charge in [0, 0.05) is 23.5 Å². The molecule has 0 amide bonds. The smallest absolute Gasteiger partial charge is 0.326 e. The average molecular weight is 271 g/mol. The number of nitrogens with zero attached hydrogens (tertiary/aromatic N) is 2. The van der Waals surface area contributed by atoms with Gasteiger partial charge < -0.3 is 5.73 Å². The van der Waals surface area contributed by atoms with Crippen LogP contribution in [0.25, 0.3) is 0 Å². The summed E-state index contributed by atoms with van der Waals surface area (Å²) in [7, 11) is 1.65. The average Bonchev–Trinajstić information content (AvgIpc) is 2.61. The van der Waals surface area contributed by atoms with Gasteiger partial charge in [-0.3, -0.25) is 4.57 Å². The first-order valence-electron chi connectivity index (χ1n) is 4.90. The summed E-state index contributed by atoms with van der Waals surface area (Å²) in [6.45, 7) is 0.348. The standard InChI is InChI=1S/C10H11ClN4OS/c1-15-9(16)13-14-10(15)17-8-4-2-3-7(11)6(8)5-12/h2-4H,5,12H2,1H3,(H,13,16). The van der Waals surface area contributed by atoms with Gasteiger partial charge in [0.2, 0.25) is 0 Å². The molecule has 2 aromatic rings. The fourth-order valence-corrected chi connectivity index (χ4v) is 2.63. The third kappa shape index (κ3) is 2.38. The van der Waals surface area contributed by atoms with Crippen molar-refractivity contribution in [3.8, 4) is 0 Å². The van der Waals surface area contributed by atoms with E-state index < -0.39 is 0 Å². The molecule has 0 unspecified atom stereocenters. The molecule has 1 aromatic carbocycles. The van der Waals surface area contributed by atoms with Gasteiger partial charge in [0.25, 0.3) is 0 Å². The molecular weight excluding hydrogens is 260 g/mol. The van der Waals surface area contributed by atoms with Crippen molar-refractivity contribution in [2.24, 2.45) is 12.8 Å². The van der Waals surface area contributed by atoms with E-state index in [0.29, 0.717) is 16.7 Å². The van der Waals surface area contributed by atoms with Gasteiger partial charge in [-0.1, -0.05) is 17.7 Å². The normalized spacial score (nSPS) is 10.8. The number of rotatable bonds is 3. The Kier molecular flexibility index (Phi) is 3.56. The molecular formula is C10H11ClN4OS. The van der Waals surface area contributed by atoms with Crippen LogP contribution in [0.3, 0.4) is 0 Å². The predicted octanol–water partition coefficient (Wildman–Crippen LogP) is 1.37. The molecule has 0 fully saturated rings. The number of halogens is 1. The number of nitrogens with two attached hydrogens (primary N) is 1. The number of H-pyrrole nitrogens is 1. The van der Waals surface area contributed by atoms with Gasteiger partial charge in [0.15, 0.2) is 5.16 Å². The molecule has 1 aromatic heterocycles. The minimum atomic E-state index is -0.246. The lowest BCUT2D eigenvalue weighted by molar-refractivity contribution is 0.765. The Bertz CT molecular complexity index is 592. The molecule has 5 nitrogen and oxygen atoms in total. The molecule has 0 saturated heterocycles. The number of hydrogen-bond donors (Lipinski definition) is 2. The van der Waals surface area contributed by atoms with Crippen molar-refractivity contribution in [3.05, 3.63) is 39.3 Å². The summed E-state index contributed by atoms with van der Waals surface area (Å²) in [6.07, 6.45) is 0. The molecule has 90 valence electrons.